The number of aliphatic carboxylic acids is 1. The molecule has 3 fully saturated rings. The number of guanidine groups is 1. The van der Waals surface area contributed by atoms with Crippen LogP contribution in [0.5, 0.6) is 0 Å². The van der Waals surface area contributed by atoms with Gasteiger partial charge in [0.2, 0.25) is 53.2 Å². The Balaban J connectivity index is 1.66. The minimum Gasteiger partial charge on any atom is -0.480 e. The molecule has 0 aromatic heterocycles. The summed E-state index contributed by atoms with van der Waals surface area (Å²) < 4.78 is 0. The van der Waals surface area contributed by atoms with E-state index < -0.39 is 102 Å². The Kier molecular flexibility index (Phi) is 22.4. The van der Waals surface area contributed by atoms with Gasteiger partial charge in [0, 0.05) is 32.6 Å². The van der Waals surface area contributed by atoms with Crippen molar-refractivity contribution in [3.63, 3.8) is 0 Å². The average molecular weight is 952 g/mol. The normalized spacial score (nSPS) is 20.2. The number of rotatable bonds is 26. The van der Waals surface area contributed by atoms with E-state index >= 15 is 0 Å². The van der Waals surface area contributed by atoms with Crippen molar-refractivity contribution >= 4 is 76.9 Å². The summed E-state index contributed by atoms with van der Waals surface area (Å²) >= 11 is 1.37. The van der Waals surface area contributed by atoms with E-state index in [4.69, 9.17) is 22.9 Å². The number of carboxylic acids is 1. The number of nitrogens with two attached hydrogens (primary N) is 4. The van der Waals surface area contributed by atoms with Gasteiger partial charge in [0.1, 0.15) is 42.3 Å². The Hall–Kier alpha value is -5.72. The number of primary amides is 1. The molecule has 0 saturated carbocycles. The van der Waals surface area contributed by atoms with Gasteiger partial charge in [-0.25, -0.2) is 4.79 Å². The van der Waals surface area contributed by atoms with Gasteiger partial charge >= 0.3 is 5.97 Å². The van der Waals surface area contributed by atoms with Crippen LogP contribution in [0.25, 0.3) is 0 Å². The number of carboxylic acid groups (broad SMARTS) is 1. The van der Waals surface area contributed by atoms with Crippen molar-refractivity contribution < 1.29 is 53.1 Å². The lowest BCUT2D eigenvalue weighted by molar-refractivity contribution is -0.149. The highest BCUT2D eigenvalue weighted by Gasteiger charge is 2.45. The standard InChI is InChI=1S/C41H69N13O11S/c1-4-23(2)33(51-37(61)28-11-6-17-52(28)32(57)21-42)39(63)54-19-8-12-29(54)38(62)53-18-7-10-27(53)36(60)47-22-31(56)48-24(13-14-30(43)55)34(58)49-25(15-20-66-3)35(59)50-26(40(64)65)9-5-16-46-41(44)45/h23-29,33H,4-22,42H2,1-3H3,(H2,43,55)(H,47,60)(H,48,56)(H,49,58)(H,50,59)(H,51,61)(H,64,65)(H4,44,45,46)/t23-,24-,25-,26-,27-,28-,29-,33-/m0/s1. The van der Waals surface area contributed by atoms with Gasteiger partial charge in [-0.05, 0) is 82.1 Å². The molecule has 24 nitrogen and oxygen atoms in total. The summed E-state index contributed by atoms with van der Waals surface area (Å²) in [4.78, 5) is 140. The van der Waals surface area contributed by atoms with Gasteiger partial charge < -0.3 is 69.3 Å². The third-order valence-electron chi connectivity index (χ3n) is 12.0. The van der Waals surface area contributed by atoms with Crippen molar-refractivity contribution in [3.8, 4) is 0 Å². The monoisotopic (exact) mass is 951 g/mol. The molecule has 3 saturated heterocycles. The van der Waals surface area contributed by atoms with Crippen LogP contribution in [0, 0.1) is 5.92 Å². The fraction of sp³-hybridized carbons (Fsp3) is 0.732. The molecule has 8 atom stereocenters. The molecule has 0 aliphatic carbocycles. The van der Waals surface area contributed by atoms with E-state index in [1.54, 1.807) is 6.26 Å². The Morgan fingerprint density at radius 2 is 1.32 bits per heavy atom. The second-order valence-corrected chi connectivity index (χ2v) is 17.7. The minimum absolute atomic E-state index is 0.0171. The quantitative estimate of drug-likeness (QED) is 0.0226. The summed E-state index contributed by atoms with van der Waals surface area (Å²) in [6, 6.07) is -7.58. The maximum Gasteiger partial charge on any atom is 0.326 e. The molecule has 0 bridgehead atoms. The molecular weight excluding hydrogens is 883 g/mol. The molecule has 3 aliphatic rings. The van der Waals surface area contributed by atoms with Crippen molar-refractivity contribution in [2.75, 3.05) is 51.3 Å². The first kappa shape index (κ1) is 54.6. The zero-order valence-corrected chi connectivity index (χ0v) is 38.9. The van der Waals surface area contributed by atoms with Crippen LogP contribution >= 0.6 is 11.8 Å². The molecule has 0 spiro atoms. The topological polar surface area (TPSA) is 377 Å². The van der Waals surface area contributed by atoms with E-state index in [1.165, 1.54) is 26.5 Å². The predicted octanol–water partition coefficient (Wildman–Crippen LogP) is -3.82. The number of nitrogens with one attached hydrogen (secondary N) is 5. The highest BCUT2D eigenvalue weighted by Crippen LogP contribution is 2.27. The van der Waals surface area contributed by atoms with Gasteiger partial charge in [0.15, 0.2) is 5.96 Å². The van der Waals surface area contributed by atoms with Crippen LogP contribution in [-0.2, 0) is 47.9 Å². The number of likely N-dealkylation sites (tertiary alicyclic amines) is 3. The van der Waals surface area contributed by atoms with Gasteiger partial charge in [-0.1, -0.05) is 20.3 Å². The third kappa shape index (κ3) is 16.0. The van der Waals surface area contributed by atoms with Crippen LogP contribution in [0.1, 0.15) is 90.9 Å². The maximum atomic E-state index is 14.2. The molecule has 25 heteroatoms. The van der Waals surface area contributed by atoms with Gasteiger partial charge in [-0.2, -0.15) is 11.8 Å². The second-order valence-electron chi connectivity index (χ2n) is 16.7. The number of hydrogen-bond donors (Lipinski definition) is 10. The fourth-order valence-corrected chi connectivity index (χ4v) is 8.72. The molecule has 0 radical (unpaired) electrons. The lowest BCUT2D eigenvalue weighted by atomic mass is 9.96. The first-order chi connectivity index (χ1) is 31.3. The number of thioether (sulfide) groups is 1. The highest BCUT2D eigenvalue weighted by atomic mass is 32.2. The summed E-state index contributed by atoms with van der Waals surface area (Å²) in [5, 5.41) is 22.5. The Morgan fingerprint density at radius 1 is 0.742 bits per heavy atom. The molecule has 3 rings (SSSR count). The van der Waals surface area contributed by atoms with E-state index in [1.807, 2.05) is 13.8 Å². The summed E-state index contributed by atoms with van der Waals surface area (Å²) in [6.07, 6.45) is 4.62. The SMILES string of the molecule is CC[C@H](C)[C@H](NC(=O)[C@@H]1CCCN1C(=O)CN)C(=O)N1CCC[C@H]1C(=O)N1CCC[C@H]1C(=O)NCC(=O)N[C@@H](CCC(N)=O)C(=O)N[C@@H](CCSC)C(=O)N[C@@H](CCCN=C(N)N)C(=O)O. The number of carbonyl (C=O) groups excluding carboxylic acids is 9. The molecule has 0 unspecified atom stereocenters. The second kappa shape index (κ2) is 27.0. The average Bonchev–Trinajstić information content (AvgIpc) is 4.09. The van der Waals surface area contributed by atoms with Gasteiger partial charge in [0.05, 0.1) is 13.1 Å². The number of carbonyl (C=O) groups is 10. The molecule has 3 heterocycles. The van der Waals surface area contributed by atoms with Crippen molar-refractivity contribution in [2.24, 2.45) is 33.8 Å². The first-order valence-electron chi connectivity index (χ1n) is 22.5. The predicted molar refractivity (Wildman–Crippen MR) is 242 cm³/mol. The molecule has 14 N–H and O–H groups in total. The molecular formula is C41H69N13O11S. The Bertz CT molecular complexity index is 1800. The Morgan fingerprint density at radius 3 is 1.89 bits per heavy atom. The van der Waals surface area contributed by atoms with Crippen molar-refractivity contribution in [2.45, 2.75) is 133 Å². The maximum absolute atomic E-state index is 14.2. The first-order valence-corrected chi connectivity index (χ1v) is 23.9. The van der Waals surface area contributed by atoms with Crippen molar-refractivity contribution in [3.05, 3.63) is 0 Å². The fourth-order valence-electron chi connectivity index (χ4n) is 8.24. The highest BCUT2D eigenvalue weighted by molar-refractivity contribution is 7.98. The van der Waals surface area contributed by atoms with Gasteiger partial charge in [-0.3, -0.25) is 48.1 Å². The van der Waals surface area contributed by atoms with Crippen molar-refractivity contribution in [1.82, 2.24) is 41.3 Å². The van der Waals surface area contributed by atoms with Gasteiger partial charge in [-0.15, -0.1) is 0 Å². The summed E-state index contributed by atoms with van der Waals surface area (Å²) in [6.45, 7) is 3.79. The van der Waals surface area contributed by atoms with E-state index in [0.717, 1.165) is 0 Å². The number of aliphatic imine (C=N–C) groups is 1. The molecule has 66 heavy (non-hydrogen) atoms. The van der Waals surface area contributed by atoms with Crippen LogP contribution in [0.4, 0.5) is 0 Å². The van der Waals surface area contributed by atoms with Gasteiger partial charge in [0.25, 0.3) is 0 Å². The van der Waals surface area contributed by atoms with Crippen molar-refractivity contribution in [1.29, 1.82) is 0 Å². The smallest absolute Gasteiger partial charge is 0.326 e. The summed E-state index contributed by atoms with van der Waals surface area (Å²) in [5.74, 6) is -7.05. The molecule has 9 amide bonds. The lowest BCUT2D eigenvalue weighted by Crippen LogP contribution is -2.59. The van der Waals surface area contributed by atoms with Crippen LogP contribution in [0.15, 0.2) is 4.99 Å². The van der Waals surface area contributed by atoms with Crippen LogP contribution in [0.3, 0.4) is 0 Å². The van der Waals surface area contributed by atoms with E-state index in [0.29, 0.717) is 50.8 Å². The Labute approximate surface area is 388 Å². The largest absolute Gasteiger partial charge is 0.480 e. The van der Waals surface area contributed by atoms with E-state index in [2.05, 4.69) is 31.6 Å². The van der Waals surface area contributed by atoms with E-state index in [-0.39, 0.29) is 82.5 Å². The number of hydrogen-bond acceptors (Lipinski definition) is 13. The molecule has 0 aromatic carbocycles. The third-order valence-corrected chi connectivity index (χ3v) is 12.7. The summed E-state index contributed by atoms with van der Waals surface area (Å²) in [7, 11) is 0. The number of nitrogens with zero attached hydrogens (tertiary/aromatic N) is 4. The summed E-state index contributed by atoms with van der Waals surface area (Å²) in [5.41, 5.74) is 21.5. The van der Waals surface area contributed by atoms with Crippen LogP contribution in [0.2, 0.25) is 0 Å². The van der Waals surface area contributed by atoms with E-state index in [9.17, 15) is 53.1 Å². The minimum atomic E-state index is -1.40. The lowest BCUT2D eigenvalue weighted by Gasteiger charge is -2.35. The molecule has 0 aromatic rings. The molecule has 3 aliphatic heterocycles. The zero-order chi connectivity index (χ0) is 49.1. The van der Waals surface area contributed by atoms with Crippen LogP contribution in [-0.4, -0.2) is 178 Å². The zero-order valence-electron chi connectivity index (χ0n) is 38.1. The molecule has 370 valence electrons. The number of amides is 9. The van der Waals surface area contributed by atoms with Crippen LogP contribution < -0.4 is 49.5 Å².